The molecule has 0 unspecified atom stereocenters. The topological polar surface area (TPSA) is 42.9 Å². The minimum Gasteiger partial charge on any atom is -0.340 e. The largest absolute Gasteiger partial charge is 0.340 e. The average Bonchev–Trinajstić information content (AvgIpc) is 3.24. The number of thiazole rings is 1. The molecular weight excluding hydrogens is 394 g/mol. The van der Waals surface area contributed by atoms with Crippen LogP contribution in [0.4, 0.5) is 0 Å². The van der Waals surface area contributed by atoms with Gasteiger partial charge in [0.2, 0.25) is 5.91 Å². The van der Waals surface area contributed by atoms with E-state index in [1.807, 2.05) is 10.3 Å². The summed E-state index contributed by atoms with van der Waals surface area (Å²) in [6.45, 7) is 12.4. The molecule has 0 aliphatic carbocycles. The molecule has 4 rings (SSSR count). The quantitative estimate of drug-likeness (QED) is 0.708. The molecule has 0 N–H and O–H groups in total. The fourth-order valence-corrected chi connectivity index (χ4v) is 4.98. The standard InChI is InChI=1S/C23H33N5OS/c1-3-26-11-13-28(14-12-26)22(29)16-21-18-30-23(24-21)20-6-4-5-19(15-20)17-27-9-7-25(2)8-10-27/h4-6,15,18H,3,7-14,16-17H2,1-2H3. The van der Waals surface area contributed by atoms with Crippen molar-refractivity contribution in [1.82, 2.24) is 24.6 Å². The van der Waals surface area contributed by atoms with Crippen molar-refractivity contribution in [3.63, 3.8) is 0 Å². The first-order chi connectivity index (χ1) is 14.6. The van der Waals surface area contributed by atoms with Crippen LogP contribution in [0.15, 0.2) is 29.6 Å². The van der Waals surface area contributed by atoms with E-state index >= 15 is 0 Å². The van der Waals surface area contributed by atoms with Crippen molar-refractivity contribution in [2.75, 3.05) is 66.0 Å². The van der Waals surface area contributed by atoms with E-state index in [1.165, 1.54) is 5.56 Å². The van der Waals surface area contributed by atoms with E-state index in [9.17, 15) is 4.79 Å². The van der Waals surface area contributed by atoms with E-state index in [2.05, 4.69) is 52.9 Å². The highest BCUT2D eigenvalue weighted by molar-refractivity contribution is 7.13. The van der Waals surface area contributed by atoms with Gasteiger partial charge in [-0.15, -0.1) is 11.3 Å². The van der Waals surface area contributed by atoms with Gasteiger partial charge < -0.3 is 14.7 Å². The SMILES string of the molecule is CCN1CCN(C(=O)Cc2csc(-c3cccc(CN4CCN(C)CC4)c3)n2)CC1. The molecule has 2 aliphatic heterocycles. The van der Waals surface area contributed by atoms with Gasteiger partial charge in [0.1, 0.15) is 5.01 Å². The van der Waals surface area contributed by atoms with Crippen LogP contribution in [0.5, 0.6) is 0 Å². The Morgan fingerprint density at radius 3 is 2.50 bits per heavy atom. The number of hydrogen-bond donors (Lipinski definition) is 0. The van der Waals surface area contributed by atoms with Gasteiger partial charge in [0.25, 0.3) is 0 Å². The van der Waals surface area contributed by atoms with Crippen LogP contribution in [0.3, 0.4) is 0 Å². The maximum absolute atomic E-state index is 12.7. The van der Waals surface area contributed by atoms with Crippen molar-refractivity contribution in [2.45, 2.75) is 19.9 Å². The van der Waals surface area contributed by atoms with Crippen LogP contribution in [0.25, 0.3) is 10.6 Å². The predicted molar refractivity (Wildman–Crippen MR) is 123 cm³/mol. The summed E-state index contributed by atoms with van der Waals surface area (Å²) in [5.41, 5.74) is 3.38. The monoisotopic (exact) mass is 427 g/mol. The molecule has 1 aromatic carbocycles. The minimum absolute atomic E-state index is 0.200. The number of benzene rings is 1. The maximum atomic E-state index is 12.7. The molecule has 6 nitrogen and oxygen atoms in total. The normalized spacial score (nSPS) is 19.3. The lowest BCUT2D eigenvalue weighted by Crippen LogP contribution is -2.48. The summed E-state index contributed by atoms with van der Waals surface area (Å²) in [6.07, 6.45) is 0.406. The minimum atomic E-state index is 0.200. The Balaban J connectivity index is 1.35. The number of hydrogen-bond acceptors (Lipinski definition) is 6. The Bertz CT molecular complexity index is 838. The third-order valence-electron chi connectivity index (χ3n) is 6.23. The zero-order chi connectivity index (χ0) is 20.9. The molecular formula is C23H33N5OS. The summed E-state index contributed by atoms with van der Waals surface area (Å²) in [4.78, 5) is 26.7. The second-order valence-electron chi connectivity index (χ2n) is 8.42. The molecule has 2 fully saturated rings. The van der Waals surface area contributed by atoms with Gasteiger partial charge in [0.05, 0.1) is 12.1 Å². The maximum Gasteiger partial charge on any atom is 0.228 e. The third kappa shape index (κ3) is 5.46. The molecule has 0 atom stereocenters. The number of piperazine rings is 2. The Morgan fingerprint density at radius 1 is 1.03 bits per heavy atom. The van der Waals surface area contributed by atoms with Crippen molar-refractivity contribution in [3.05, 3.63) is 40.9 Å². The Hall–Kier alpha value is -1.80. The molecule has 162 valence electrons. The predicted octanol–water partition coefficient (Wildman–Crippen LogP) is 2.26. The molecule has 30 heavy (non-hydrogen) atoms. The summed E-state index contributed by atoms with van der Waals surface area (Å²) < 4.78 is 0. The first kappa shape index (κ1) is 21.4. The van der Waals surface area contributed by atoms with Crippen molar-refractivity contribution < 1.29 is 4.79 Å². The molecule has 2 aliphatic rings. The van der Waals surface area contributed by atoms with Gasteiger partial charge in [0.15, 0.2) is 0 Å². The number of rotatable bonds is 6. The van der Waals surface area contributed by atoms with Gasteiger partial charge in [-0.3, -0.25) is 9.69 Å². The second kappa shape index (κ2) is 10.0. The van der Waals surface area contributed by atoms with Gasteiger partial charge in [-0.25, -0.2) is 4.98 Å². The summed E-state index contributed by atoms with van der Waals surface area (Å²) in [5.74, 6) is 0.200. The number of nitrogens with zero attached hydrogens (tertiary/aromatic N) is 5. The van der Waals surface area contributed by atoms with E-state index in [0.29, 0.717) is 6.42 Å². The van der Waals surface area contributed by atoms with Crippen molar-refractivity contribution in [3.8, 4) is 10.6 Å². The number of likely N-dealkylation sites (N-methyl/N-ethyl adjacent to an activating group) is 2. The third-order valence-corrected chi connectivity index (χ3v) is 7.17. The number of carbonyl (C=O) groups excluding carboxylic acids is 1. The van der Waals surface area contributed by atoms with Crippen LogP contribution in [0.1, 0.15) is 18.2 Å². The highest BCUT2D eigenvalue weighted by Gasteiger charge is 2.21. The Morgan fingerprint density at radius 2 is 1.77 bits per heavy atom. The molecule has 0 spiro atoms. The van der Waals surface area contributed by atoms with Gasteiger partial charge in [0, 0.05) is 69.8 Å². The van der Waals surface area contributed by atoms with Gasteiger partial charge in [-0.05, 0) is 25.2 Å². The molecule has 0 radical (unpaired) electrons. The lowest BCUT2D eigenvalue weighted by molar-refractivity contribution is -0.132. The average molecular weight is 428 g/mol. The summed E-state index contributed by atoms with van der Waals surface area (Å²) in [5, 5.41) is 3.05. The zero-order valence-corrected chi connectivity index (χ0v) is 19.0. The number of aromatic nitrogens is 1. The van der Waals surface area contributed by atoms with Crippen LogP contribution in [-0.4, -0.2) is 96.4 Å². The van der Waals surface area contributed by atoms with Crippen LogP contribution in [0, 0.1) is 0 Å². The van der Waals surface area contributed by atoms with E-state index in [4.69, 9.17) is 4.98 Å². The smallest absolute Gasteiger partial charge is 0.228 e. The van der Waals surface area contributed by atoms with Crippen molar-refractivity contribution >= 4 is 17.2 Å². The van der Waals surface area contributed by atoms with E-state index in [1.54, 1.807) is 11.3 Å². The molecule has 0 bridgehead atoms. The van der Waals surface area contributed by atoms with Gasteiger partial charge in [-0.2, -0.15) is 0 Å². The first-order valence-corrected chi connectivity index (χ1v) is 11.9. The lowest BCUT2D eigenvalue weighted by atomic mass is 10.1. The first-order valence-electron chi connectivity index (χ1n) is 11.1. The van der Waals surface area contributed by atoms with E-state index in [0.717, 1.165) is 81.7 Å². The van der Waals surface area contributed by atoms with Gasteiger partial charge in [-0.1, -0.05) is 25.1 Å². The zero-order valence-electron chi connectivity index (χ0n) is 18.2. The number of carbonyl (C=O) groups is 1. The molecule has 2 saturated heterocycles. The van der Waals surface area contributed by atoms with Crippen LogP contribution in [-0.2, 0) is 17.8 Å². The summed E-state index contributed by atoms with van der Waals surface area (Å²) in [6, 6.07) is 8.71. The van der Waals surface area contributed by atoms with Crippen LogP contribution >= 0.6 is 11.3 Å². The summed E-state index contributed by atoms with van der Waals surface area (Å²) in [7, 11) is 2.19. The van der Waals surface area contributed by atoms with Gasteiger partial charge >= 0.3 is 0 Å². The van der Waals surface area contributed by atoms with Crippen molar-refractivity contribution in [2.24, 2.45) is 0 Å². The van der Waals surface area contributed by atoms with Crippen LogP contribution < -0.4 is 0 Å². The second-order valence-corrected chi connectivity index (χ2v) is 9.27. The Labute approximate surface area is 184 Å². The van der Waals surface area contributed by atoms with Crippen molar-refractivity contribution in [1.29, 1.82) is 0 Å². The summed E-state index contributed by atoms with van der Waals surface area (Å²) >= 11 is 1.64. The molecule has 7 heteroatoms. The molecule has 2 aromatic rings. The lowest BCUT2D eigenvalue weighted by Gasteiger charge is -2.34. The fraction of sp³-hybridized carbons (Fsp3) is 0.565. The Kier molecular flexibility index (Phi) is 7.15. The number of amides is 1. The molecule has 3 heterocycles. The van der Waals surface area contributed by atoms with E-state index in [-0.39, 0.29) is 5.91 Å². The van der Waals surface area contributed by atoms with Crippen LogP contribution in [0.2, 0.25) is 0 Å². The fourth-order valence-electron chi connectivity index (χ4n) is 4.17. The highest BCUT2D eigenvalue weighted by atomic mass is 32.1. The highest BCUT2D eigenvalue weighted by Crippen LogP contribution is 2.25. The molecule has 1 aromatic heterocycles. The molecule has 1 amide bonds. The van der Waals surface area contributed by atoms with E-state index < -0.39 is 0 Å². The molecule has 0 saturated carbocycles.